The van der Waals surface area contributed by atoms with E-state index in [1.54, 1.807) is 19.2 Å². The highest BCUT2D eigenvalue weighted by molar-refractivity contribution is 5.69. The minimum atomic E-state index is -0.247. The van der Waals surface area contributed by atoms with Crippen LogP contribution in [0.3, 0.4) is 0 Å². The zero-order valence-corrected chi connectivity index (χ0v) is 15.1. The molecule has 0 amide bonds. The van der Waals surface area contributed by atoms with Gasteiger partial charge in [-0.1, -0.05) is 12.1 Å². The molecular formula is C20H21FN4O2. The first-order valence-electron chi connectivity index (χ1n) is 8.88. The molecule has 1 fully saturated rings. The van der Waals surface area contributed by atoms with E-state index < -0.39 is 0 Å². The largest absolute Gasteiger partial charge is 0.495 e. The number of aromatic nitrogens is 3. The first-order chi connectivity index (χ1) is 13.2. The smallest absolute Gasteiger partial charge is 0.158 e. The van der Waals surface area contributed by atoms with Gasteiger partial charge in [-0.25, -0.2) is 14.1 Å². The third-order valence-electron chi connectivity index (χ3n) is 4.65. The number of morpholine rings is 1. The Bertz CT molecular complexity index is 905. The van der Waals surface area contributed by atoms with Crippen LogP contribution in [0, 0.1) is 5.82 Å². The lowest BCUT2D eigenvalue weighted by molar-refractivity contribution is 0.122. The molecule has 27 heavy (non-hydrogen) atoms. The summed E-state index contributed by atoms with van der Waals surface area (Å²) >= 11 is 0. The Morgan fingerprint density at radius 1 is 1.11 bits per heavy atom. The normalized spacial score (nSPS) is 14.4. The van der Waals surface area contributed by atoms with Gasteiger partial charge in [0.05, 0.1) is 32.6 Å². The summed E-state index contributed by atoms with van der Waals surface area (Å²) in [5.41, 5.74) is 2.94. The highest BCUT2D eigenvalue weighted by atomic mass is 19.1. The Kier molecular flexibility index (Phi) is 5.02. The summed E-state index contributed by atoms with van der Waals surface area (Å²) < 4.78 is 26.0. The number of ether oxygens (including phenoxy) is 2. The second-order valence-corrected chi connectivity index (χ2v) is 6.35. The topological polar surface area (TPSA) is 52.4 Å². The molecule has 6 nitrogen and oxygen atoms in total. The lowest BCUT2D eigenvalue weighted by Crippen LogP contribution is -2.36. The third-order valence-corrected chi connectivity index (χ3v) is 4.65. The van der Waals surface area contributed by atoms with E-state index in [0.717, 1.165) is 41.5 Å². The van der Waals surface area contributed by atoms with Crippen molar-refractivity contribution in [3.63, 3.8) is 0 Å². The average Bonchev–Trinajstić information content (AvgIpc) is 3.18. The van der Waals surface area contributed by atoms with Crippen LogP contribution in [0.25, 0.3) is 11.4 Å². The van der Waals surface area contributed by atoms with Gasteiger partial charge in [-0.3, -0.25) is 0 Å². The van der Waals surface area contributed by atoms with Crippen LogP contribution in [0.4, 0.5) is 10.1 Å². The molecule has 0 radical (unpaired) electrons. The molecule has 1 aromatic heterocycles. The van der Waals surface area contributed by atoms with Gasteiger partial charge in [-0.15, -0.1) is 0 Å². The molecule has 0 atom stereocenters. The van der Waals surface area contributed by atoms with Crippen LogP contribution in [0.1, 0.15) is 5.56 Å². The van der Waals surface area contributed by atoms with E-state index >= 15 is 0 Å². The Hall–Kier alpha value is -2.93. The molecule has 1 aliphatic rings. The molecule has 0 saturated carbocycles. The van der Waals surface area contributed by atoms with Crippen molar-refractivity contribution in [1.82, 2.24) is 14.8 Å². The number of halogens is 1. The van der Waals surface area contributed by atoms with E-state index in [1.165, 1.54) is 18.5 Å². The molecule has 0 aliphatic carbocycles. The molecule has 0 bridgehead atoms. The summed E-state index contributed by atoms with van der Waals surface area (Å²) in [6, 6.07) is 12.4. The molecule has 7 heteroatoms. The van der Waals surface area contributed by atoms with Gasteiger partial charge in [0.25, 0.3) is 0 Å². The predicted molar refractivity (Wildman–Crippen MR) is 101 cm³/mol. The van der Waals surface area contributed by atoms with Crippen molar-refractivity contribution in [2.45, 2.75) is 6.54 Å². The summed E-state index contributed by atoms with van der Waals surface area (Å²) in [5, 5.41) is 4.34. The monoisotopic (exact) mass is 368 g/mol. The Morgan fingerprint density at radius 3 is 2.63 bits per heavy atom. The maximum absolute atomic E-state index is 13.1. The Balaban J connectivity index is 1.65. The van der Waals surface area contributed by atoms with Crippen LogP contribution >= 0.6 is 0 Å². The van der Waals surface area contributed by atoms with Crippen LogP contribution in [0.5, 0.6) is 5.75 Å². The van der Waals surface area contributed by atoms with Gasteiger partial charge < -0.3 is 14.4 Å². The summed E-state index contributed by atoms with van der Waals surface area (Å²) in [7, 11) is 1.68. The fourth-order valence-electron chi connectivity index (χ4n) is 3.25. The van der Waals surface area contributed by atoms with E-state index in [1.807, 2.05) is 16.8 Å². The molecule has 140 valence electrons. The number of hydrogen-bond donors (Lipinski definition) is 0. The third kappa shape index (κ3) is 3.78. The second-order valence-electron chi connectivity index (χ2n) is 6.35. The molecule has 0 N–H and O–H groups in total. The van der Waals surface area contributed by atoms with Gasteiger partial charge in [-0.05, 0) is 35.9 Å². The van der Waals surface area contributed by atoms with Gasteiger partial charge >= 0.3 is 0 Å². The van der Waals surface area contributed by atoms with E-state index in [2.05, 4.69) is 21.0 Å². The predicted octanol–water partition coefficient (Wildman–Crippen LogP) is 2.98. The quantitative estimate of drug-likeness (QED) is 0.693. The van der Waals surface area contributed by atoms with Crippen LogP contribution in [-0.2, 0) is 11.3 Å². The molecular weight excluding hydrogens is 347 g/mol. The molecule has 2 heterocycles. The maximum atomic E-state index is 13.1. The number of anilines is 1. The number of benzene rings is 2. The van der Waals surface area contributed by atoms with Crippen molar-refractivity contribution in [2.75, 3.05) is 38.3 Å². The first kappa shape index (κ1) is 17.5. The molecule has 1 aliphatic heterocycles. The molecule has 2 aromatic carbocycles. The maximum Gasteiger partial charge on any atom is 0.158 e. The first-order valence-corrected chi connectivity index (χ1v) is 8.88. The van der Waals surface area contributed by atoms with Crippen molar-refractivity contribution < 1.29 is 13.9 Å². The summed E-state index contributed by atoms with van der Waals surface area (Å²) in [6.07, 6.45) is 1.54. The fourth-order valence-corrected chi connectivity index (χ4v) is 3.25. The van der Waals surface area contributed by atoms with E-state index in [0.29, 0.717) is 19.8 Å². The number of nitrogens with zero attached hydrogens (tertiary/aromatic N) is 4. The van der Waals surface area contributed by atoms with Gasteiger partial charge in [0, 0.05) is 18.7 Å². The van der Waals surface area contributed by atoms with E-state index in [9.17, 15) is 4.39 Å². The standard InChI is InChI=1S/C20H21FN4O2/c1-26-19-7-4-16(12-18(19)24-8-10-27-11-9-24)20-22-14-23-25(20)13-15-2-5-17(21)6-3-15/h2-7,12,14H,8-11,13H2,1H3. The molecule has 3 aromatic rings. The van der Waals surface area contributed by atoms with Crippen molar-refractivity contribution in [3.8, 4) is 17.1 Å². The highest BCUT2D eigenvalue weighted by Gasteiger charge is 2.18. The SMILES string of the molecule is COc1ccc(-c2ncnn2Cc2ccc(F)cc2)cc1N1CCOCC1. The fraction of sp³-hybridized carbons (Fsp3) is 0.300. The molecule has 1 saturated heterocycles. The number of methoxy groups -OCH3 is 1. The van der Waals surface area contributed by atoms with E-state index in [4.69, 9.17) is 9.47 Å². The Labute approximate surface area is 157 Å². The van der Waals surface area contributed by atoms with Crippen LogP contribution in [0.15, 0.2) is 48.8 Å². The van der Waals surface area contributed by atoms with Crippen molar-refractivity contribution in [1.29, 1.82) is 0 Å². The van der Waals surface area contributed by atoms with Gasteiger partial charge in [0.1, 0.15) is 17.9 Å². The van der Waals surface area contributed by atoms with Crippen molar-refractivity contribution >= 4 is 5.69 Å². The molecule has 0 unspecified atom stereocenters. The van der Waals surface area contributed by atoms with Crippen LogP contribution < -0.4 is 9.64 Å². The summed E-state index contributed by atoms with van der Waals surface area (Å²) in [6.45, 7) is 3.57. The molecule has 4 rings (SSSR count). The second kappa shape index (κ2) is 7.75. The van der Waals surface area contributed by atoms with E-state index in [-0.39, 0.29) is 5.82 Å². The minimum Gasteiger partial charge on any atom is -0.495 e. The molecule has 0 spiro atoms. The van der Waals surface area contributed by atoms with Crippen molar-refractivity contribution in [3.05, 3.63) is 60.2 Å². The van der Waals surface area contributed by atoms with Gasteiger partial charge in [0.15, 0.2) is 5.82 Å². The van der Waals surface area contributed by atoms with Crippen molar-refractivity contribution in [2.24, 2.45) is 0 Å². The average molecular weight is 368 g/mol. The summed E-state index contributed by atoms with van der Waals surface area (Å²) in [5.74, 6) is 1.34. The van der Waals surface area contributed by atoms with Gasteiger partial charge in [-0.2, -0.15) is 5.10 Å². The van der Waals surface area contributed by atoms with Crippen LogP contribution in [0.2, 0.25) is 0 Å². The highest BCUT2D eigenvalue weighted by Crippen LogP contribution is 2.33. The Morgan fingerprint density at radius 2 is 1.89 bits per heavy atom. The lowest BCUT2D eigenvalue weighted by Gasteiger charge is -2.30. The zero-order valence-electron chi connectivity index (χ0n) is 15.1. The zero-order chi connectivity index (χ0) is 18.6. The minimum absolute atomic E-state index is 0.247. The summed E-state index contributed by atoms with van der Waals surface area (Å²) in [4.78, 5) is 6.69. The number of rotatable bonds is 5. The lowest BCUT2D eigenvalue weighted by atomic mass is 10.1. The van der Waals surface area contributed by atoms with Crippen LogP contribution in [-0.4, -0.2) is 48.2 Å². The van der Waals surface area contributed by atoms with Gasteiger partial charge in [0.2, 0.25) is 0 Å². The number of hydrogen-bond acceptors (Lipinski definition) is 5.